The molecule has 88 valence electrons. The number of hydrogen-bond donors (Lipinski definition) is 1. The number of fused-ring (bicyclic) bond motifs is 1. The third kappa shape index (κ3) is 2.15. The van der Waals surface area contributed by atoms with Gasteiger partial charge < -0.3 is 5.32 Å². The number of nitrogens with one attached hydrogen (secondary N) is 1. The molecule has 2 aromatic heterocycles. The minimum atomic E-state index is 0.301. The van der Waals surface area contributed by atoms with E-state index in [-0.39, 0.29) is 0 Å². The van der Waals surface area contributed by atoms with Gasteiger partial charge in [0.15, 0.2) is 5.15 Å². The summed E-state index contributed by atoms with van der Waals surface area (Å²) in [6.07, 6.45) is 3.86. The molecular formula is C12H10Cl2N2S. The molecule has 1 atom stereocenters. The summed E-state index contributed by atoms with van der Waals surface area (Å²) in [6.45, 7) is 0. The average molecular weight is 285 g/mol. The fourth-order valence-corrected chi connectivity index (χ4v) is 3.69. The van der Waals surface area contributed by atoms with E-state index >= 15 is 0 Å². The lowest BCUT2D eigenvalue weighted by molar-refractivity contribution is 0.761. The maximum atomic E-state index is 6.04. The van der Waals surface area contributed by atoms with Crippen molar-refractivity contribution >= 4 is 40.2 Å². The fraction of sp³-hybridized carbons (Fsp3) is 0.250. The van der Waals surface area contributed by atoms with Gasteiger partial charge in [0.2, 0.25) is 0 Å². The first-order valence-corrected chi connectivity index (χ1v) is 6.96. The van der Waals surface area contributed by atoms with Crippen molar-refractivity contribution in [3.63, 3.8) is 0 Å². The number of halogens is 2. The normalized spacial score (nSPS) is 18.1. The molecule has 1 N–H and O–H groups in total. The van der Waals surface area contributed by atoms with Crippen LogP contribution in [0.3, 0.4) is 0 Å². The van der Waals surface area contributed by atoms with Crippen LogP contribution in [0.25, 0.3) is 0 Å². The summed E-state index contributed by atoms with van der Waals surface area (Å²) < 4.78 is 0.860. The van der Waals surface area contributed by atoms with Crippen LogP contribution in [0.5, 0.6) is 0 Å². The first kappa shape index (κ1) is 11.3. The number of thiophene rings is 1. The monoisotopic (exact) mass is 284 g/mol. The minimum absolute atomic E-state index is 0.301. The fourth-order valence-electron chi connectivity index (χ4n) is 2.16. The number of aryl methyl sites for hydroxylation is 1. The molecule has 2 heterocycles. The number of rotatable bonds is 2. The third-order valence-corrected chi connectivity index (χ3v) is 4.58. The molecule has 1 aliphatic rings. The number of nitrogens with zero attached hydrogens (tertiary/aromatic N) is 1. The molecule has 17 heavy (non-hydrogen) atoms. The molecule has 5 heteroatoms. The van der Waals surface area contributed by atoms with E-state index in [0.717, 1.165) is 22.9 Å². The molecule has 0 spiro atoms. The second-order valence-corrected chi connectivity index (χ2v) is 6.13. The van der Waals surface area contributed by atoms with Crippen LogP contribution in [0.2, 0.25) is 9.49 Å². The quantitative estimate of drug-likeness (QED) is 0.819. The average Bonchev–Trinajstić information content (AvgIpc) is 2.82. The topological polar surface area (TPSA) is 24.9 Å². The molecule has 0 aliphatic heterocycles. The molecule has 2 aromatic rings. The van der Waals surface area contributed by atoms with Crippen LogP contribution in [-0.2, 0) is 6.42 Å². The lowest BCUT2D eigenvalue weighted by atomic mass is 10.1. The summed E-state index contributed by atoms with van der Waals surface area (Å²) >= 11 is 13.7. The third-order valence-electron chi connectivity index (χ3n) is 2.94. The molecule has 0 saturated heterocycles. The van der Waals surface area contributed by atoms with Gasteiger partial charge >= 0.3 is 0 Å². The van der Waals surface area contributed by atoms with Crippen LogP contribution < -0.4 is 5.32 Å². The van der Waals surface area contributed by atoms with Gasteiger partial charge in [0.25, 0.3) is 0 Å². The Bertz CT molecular complexity index is 553. The van der Waals surface area contributed by atoms with E-state index < -0.39 is 0 Å². The second kappa shape index (κ2) is 4.48. The molecular weight excluding hydrogens is 275 g/mol. The van der Waals surface area contributed by atoms with E-state index in [1.807, 2.05) is 12.1 Å². The van der Waals surface area contributed by atoms with Crippen molar-refractivity contribution in [1.82, 2.24) is 4.98 Å². The van der Waals surface area contributed by atoms with Crippen LogP contribution in [-0.4, -0.2) is 4.98 Å². The predicted molar refractivity (Wildman–Crippen MR) is 73.3 cm³/mol. The van der Waals surface area contributed by atoms with Crippen molar-refractivity contribution in [3.8, 4) is 0 Å². The molecule has 2 nitrogen and oxygen atoms in total. The Morgan fingerprint density at radius 1 is 1.41 bits per heavy atom. The van der Waals surface area contributed by atoms with E-state index in [1.165, 1.54) is 10.4 Å². The number of anilines is 1. The van der Waals surface area contributed by atoms with Crippen molar-refractivity contribution in [3.05, 3.63) is 44.3 Å². The second-order valence-electron chi connectivity index (χ2n) is 4.01. The lowest BCUT2D eigenvalue weighted by Crippen LogP contribution is -2.07. The smallest absolute Gasteiger partial charge is 0.152 e. The lowest BCUT2D eigenvalue weighted by Gasteiger charge is -2.14. The van der Waals surface area contributed by atoms with Crippen LogP contribution >= 0.6 is 34.5 Å². The summed E-state index contributed by atoms with van der Waals surface area (Å²) in [7, 11) is 0. The van der Waals surface area contributed by atoms with Crippen molar-refractivity contribution in [2.75, 3.05) is 5.32 Å². The highest BCUT2D eigenvalue weighted by atomic mass is 35.5. The Morgan fingerprint density at radius 3 is 3.12 bits per heavy atom. The van der Waals surface area contributed by atoms with E-state index in [9.17, 15) is 0 Å². The van der Waals surface area contributed by atoms with Crippen molar-refractivity contribution in [1.29, 1.82) is 0 Å². The Balaban J connectivity index is 1.86. The van der Waals surface area contributed by atoms with Crippen molar-refractivity contribution in [2.45, 2.75) is 18.9 Å². The number of hydrogen-bond acceptors (Lipinski definition) is 3. The van der Waals surface area contributed by atoms with Gasteiger partial charge in [-0.2, -0.15) is 0 Å². The largest absolute Gasteiger partial charge is 0.376 e. The van der Waals surface area contributed by atoms with Gasteiger partial charge in [0.1, 0.15) is 0 Å². The standard InChI is InChI=1S/C12H10Cl2N2S/c13-11-6-7-8(3-4-10(7)17-11)16-9-2-1-5-15-12(9)14/h1-2,5-6,8,16H,3-4H2. The number of aromatic nitrogens is 1. The summed E-state index contributed by atoms with van der Waals surface area (Å²) in [5.41, 5.74) is 2.19. The highest BCUT2D eigenvalue weighted by Gasteiger charge is 2.25. The Hall–Kier alpha value is -0.770. The zero-order valence-electron chi connectivity index (χ0n) is 8.91. The summed E-state index contributed by atoms with van der Waals surface area (Å²) in [5.74, 6) is 0. The van der Waals surface area contributed by atoms with Crippen LogP contribution in [0.1, 0.15) is 22.9 Å². The number of pyridine rings is 1. The van der Waals surface area contributed by atoms with E-state index in [0.29, 0.717) is 11.2 Å². The first-order valence-electron chi connectivity index (χ1n) is 5.39. The highest BCUT2D eigenvalue weighted by Crippen LogP contribution is 2.41. The maximum absolute atomic E-state index is 6.04. The molecule has 0 saturated carbocycles. The van der Waals surface area contributed by atoms with Crippen molar-refractivity contribution in [2.24, 2.45) is 0 Å². The zero-order chi connectivity index (χ0) is 11.8. The molecule has 0 aromatic carbocycles. The highest BCUT2D eigenvalue weighted by molar-refractivity contribution is 7.16. The Kier molecular flexibility index (Phi) is 2.99. The summed E-state index contributed by atoms with van der Waals surface area (Å²) in [4.78, 5) is 5.44. The van der Waals surface area contributed by atoms with E-state index in [2.05, 4.69) is 16.4 Å². The first-order chi connectivity index (χ1) is 8.24. The van der Waals surface area contributed by atoms with Crippen LogP contribution in [0.15, 0.2) is 24.4 Å². The minimum Gasteiger partial charge on any atom is -0.376 e. The van der Waals surface area contributed by atoms with Crippen molar-refractivity contribution < 1.29 is 0 Å². The van der Waals surface area contributed by atoms with Gasteiger partial charge in [0.05, 0.1) is 16.1 Å². The van der Waals surface area contributed by atoms with Gasteiger partial charge in [-0.05, 0) is 36.6 Å². The molecule has 0 amide bonds. The summed E-state index contributed by atoms with van der Waals surface area (Å²) in [6, 6.07) is 6.18. The van der Waals surface area contributed by atoms with Gasteiger partial charge in [0, 0.05) is 11.1 Å². The van der Waals surface area contributed by atoms with Crippen LogP contribution in [0.4, 0.5) is 5.69 Å². The molecule has 1 aliphatic carbocycles. The summed E-state index contributed by atoms with van der Waals surface area (Å²) in [5, 5.41) is 3.95. The SMILES string of the molecule is Clc1cc2c(s1)CCC2Nc1cccnc1Cl. The molecule has 3 rings (SSSR count). The molecule has 0 bridgehead atoms. The molecule has 0 radical (unpaired) electrons. The molecule has 1 unspecified atom stereocenters. The predicted octanol–water partition coefficient (Wildman–Crippen LogP) is 4.55. The van der Waals surface area contributed by atoms with Gasteiger partial charge in [-0.1, -0.05) is 23.2 Å². The van der Waals surface area contributed by atoms with Crippen LogP contribution in [0, 0.1) is 0 Å². The van der Waals surface area contributed by atoms with Gasteiger partial charge in [-0.25, -0.2) is 4.98 Å². The zero-order valence-corrected chi connectivity index (χ0v) is 11.2. The maximum Gasteiger partial charge on any atom is 0.152 e. The van der Waals surface area contributed by atoms with Gasteiger partial charge in [-0.3, -0.25) is 0 Å². The van der Waals surface area contributed by atoms with E-state index in [1.54, 1.807) is 17.5 Å². The Labute approximate surface area is 114 Å². The van der Waals surface area contributed by atoms with Gasteiger partial charge in [-0.15, -0.1) is 11.3 Å². The van der Waals surface area contributed by atoms with E-state index in [4.69, 9.17) is 23.2 Å². The Morgan fingerprint density at radius 2 is 2.29 bits per heavy atom. The molecule has 0 fully saturated rings.